The minimum atomic E-state index is -0.508. The van der Waals surface area contributed by atoms with Crippen molar-refractivity contribution in [2.75, 3.05) is 38.2 Å². The lowest BCUT2D eigenvalue weighted by Gasteiger charge is -2.30. The molecule has 0 saturated carbocycles. The van der Waals surface area contributed by atoms with Crippen LogP contribution in [0.3, 0.4) is 0 Å². The highest BCUT2D eigenvalue weighted by atomic mass is 16.6. The third-order valence-corrected chi connectivity index (χ3v) is 5.61. The summed E-state index contributed by atoms with van der Waals surface area (Å²) in [5.74, 6) is 0.691. The number of piperidine rings is 1. The van der Waals surface area contributed by atoms with Gasteiger partial charge in [0.1, 0.15) is 13.2 Å². The summed E-state index contributed by atoms with van der Waals surface area (Å²) < 4.78 is 11.1. The second-order valence-corrected chi connectivity index (χ2v) is 7.76. The first kappa shape index (κ1) is 20.9. The molecule has 4 rings (SSSR count). The van der Waals surface area contributed by atoms with Gasteiger partial charge in [0.2, 0.25) is 11.8 Å². The number of nitrogens with one attached hydrogen (secondary N) is 1. The molecule has 162 valence electrons. The Kier molecular flexibility index (Phi) is 6.18. The number of hydrogen-bond donors (Lipinski definition) is 2. The lowest BCUT2D eigenvalue weighted by molar-refractivity contribution is -0.117. The number of likely N-dealkylation sites (tertiary alicyclic amines) is 1. The average molecular weight is 423 g/mol. The van der Waals surface area contributed by atoms with Crippen molar-refractivity contribution in [3.8, 4) is 11.5 Å². The molecule has 2 amide bonds. The fourth-order valence-electron chi connectivity index (χ4n) is 3.91. The Morgan fingerprint density at radius 3 is 2.26 bits per heavy atom. The van der Waals surface area contributed by atoms with Gasteiger partial charge in [-0.2, -0.15) is 0 Å². The molecule has 0 aromatic heterocycles. The lowest BCUT2D eigenvalue weighted by atomic mass is 9.88. The highest BCUT2D eigenvalue weighted by Crippen LogP contribution is 2.32. The van der Waals surface area contributed by atoms with Crippen LogP contribution >= 0.6 is 0 Å². The van der Waals surface area contributed by atoms with E-state index in [4.69, 9.17) is 15.2 Å². The van der Waals surface area contributed by atoms with Crippen LogP contribution in [-0.2, 0) is 4.79 Å². The van der Waals surface area contributed by atoms with Gasteiger partial charge in [0, 0.05) is 22.7 Å². The third kappa shape index (κ3) is 5.03. The second kappa shape index (κ2) is 9.18. The Morgan fingerprint density at radius 1 is 0.935 bits per heavy atom. The zero-order valence-electron chi connectivity index (χ0n) is 17.1. The summed E-state index contributed by atoms with van der Waals surface area (Å²) in [5, 5.41) is 2.82. The Hall–Kier alpha value is -3.39. The van der Waals surface area contributed by atoms with E-state index in [1.165, 1.54) is 0 Å². The van der Waals surface area contributed by atoms with Crippen LogP contribution in [0.15, 0.2) is 42.5 Å². The molecule has 8 heteroatoms. The number of hydrogen-bond acceptors (Lipinski definition) is 6. The number of Topliss-reactive ketones (excluding diaryl/α,β-unsaturated/α-hetero) is 1. The first-order valence-electron chi connectivity index (χ1n) is 10.4. The number of anilines is 1. The van der Waals surface area contributed by atoms with Gasteiger partial charge >= 0.3 is 0 Å². The molecule has 0 spiro atoms. The van der Waals surface area contributed by atoms with Crippen molar-refractivity contribution in [1.29, 1.82) is 0 Å². The van der Waals surface area contributed by atoms with Crippen LogP contribution in [-0.4, -0.2) is 55.3 Å². The topological polar surface area (TPSA) is 111 Å². The minimum Gasteiger partial charge on any atom is -0.486 e. The van der Waals surface area contributed by atoms with Gasteiger partial charge in [-0.25, -0.2) is 0 Å². The molecule has 2 aromatic rings. The number of amides is 2. The van der Waals surface area contributed by atoms with Crippen molar-refractivity contribution in [2.24, 2.45) is 11.7 Å². The summed E-state index contributed by atoms with van der Waals surface area (Å²) in [4.78, 5) is 38.4. The number of ether oxygens (including phenoxy) is 2. The highest BCUT2D eigenvalue weighted by molar-refractivity contribution is 5.98. The van der Waals surface area contributed by atoms with Crippen LogP contribution in [0.25, 0.3) is 0 Å². The average Bonchev–Trinajstić information content (AvgIpc) is 2.79. The fourth-order valence-corrected chi connectivity index (χ4v) is 3.91. The number of nitrogens with zero attached hydrogens (tertiary/aromatic N) is 1. The SMILES string of the molecule is NC(=O)c1ccc(NC(=O)CN2CCC(C(=O)c3ccc4c(c3)OCCO4)CC2)cc1. The summed E-state index contributed by atoms with van der Waals surface area (Å²) in [7, 11) is 0. The van der Waals surface area contributed by atoms with E-state index in [-0.39, 0.29) is 24.2 Å². The van der Waals surface area contributed by atoms with Gasteiger partial charge in [-0.15, -0.1) is 0 Å². The number of rotatable bonds is 6. The smallest absolute Gasteiger partial charge is 0.248 e. The highest BCUT2D eigenvalue weighted by Gasteiger charge is 2.27. The van der Waals surface area contributed by atoms with E-state index in [1.54, 1.807) is 42.5 Å². The molecule has 2 heterocycles. The monoisotopic (exact) mass is 423 g/mol. The first-order valence-corrected chi connectivity index (χ1v) is 10.4. The van der Waals surface area contributed by atoms with E-state index < -0.39 is 5.91 Å². The molecule has 31 heavy (non-hydrogen) atoms. The van der Waals surface area contributed by atoms with Crippen LogP contribution in [0.1, 0.15) is 33.6 Å². The molecule has 2 aliphatic rings. The van der Waals surface area contributed by atoms with Crippen molar-refractivity contribution in [3.63, 3.8) is 0 Å². The molecule has 1 saturated heterocycles. The second-order valence-electron chi connectivity index (χ2n) is 7.76. The number of primary amides is 1. The molecule has 0 aliphatic carbocycles. The minimum absolute atomic E-state index is 0.0665. The number of carbonyl (C=O) groups excluding carboxylic acids is 3. The Labute approximate surface area is 180 Å². The predicted octanol–water partition coefficient (Wildman–Crippen LogP) is 2.09. The van der Waals surface area contributed by atoms with Crippen molar-refractivity contribution < 1.29 is 23.9 Å². The van der Waals surface area contributed by atoms with Gasteiger partial charge in [0.05, 0.1) is 6.54 Å². The standard InChI is InChI=1S/C23H25N3O5/c24-23(29)16-1-4-18(5-2-16)25-21(27)14-26-9-7-15(8-10-26)22(28)17-3-6-19-20(13-17)31-12-11-30-19/h1-6,13,15H,7-12,14H2,(H2,24,29)(H,25,27). The van der Waals surface area contributed by atoms with Crippen LogP contribution < -0.4 is 20.5 Å². The van der Waals surface area contributed by atoms with E-state index in [9.17, 15) is 14.4 Å². The van der Waals surface area contributed by atoms with Gasteiger partial charge in [-0.3, -0.25) is 19.3 Å². The maximum Gasteiger partial charge on any atom is 0.248 e. The van der Waals surface area contributed by atoms with Gasteiger partial charge in [0.25, 0.3) is 0 Å². The molecular formula is C23H25N3O5. The predicted molar refractivity (Wildman–Crippen MR) is 115 cm³/mol. The maximum absolute atomic E-state index is 12.9. The molecule has 0 bridgehead atoms. The number of ketones is 1. The summed E-state index contributed by atoms with van der Waals surface area (Å²) in [6.45, 7) is 2.61. The van der Waals surface area contributed by atoms with E-state index in [0.29, 0.717) is 67.5 Å². The summed E-state index contributed by atoms with van der Waals surface area (Å²) in [6.07, 6.45) is 1.40. The number of carbonyl (C=O) groups is 3. The van der Waals surface area contributed by atoms with E-state index in [1.807, 2.05) is 4.90 Å². The molecule has 0 atom stereocenters. The van der Waals surface area contributed by atoms with Crippen LogP contribution in [0, 0.1) is 5.92 Å². The van der Waals surface area contributed by atoms with Crippen molar-refractivity contribution in [3.05, 3.63) is 53.6 Å². The third-order valence-electron chi connectivity index (χ3n) is 5.61. The molecule has 0 radical (unpaired) electrons. The lowest BCUT2D eigenvalue weighted by Crippen LogP contribution is -2.40. The van der Waals surface area contributed by atoms with Gasteiger partial charge in [-0.1, -0.05) is 0 Å². The molecular weight excluding hydrogens is 398 g/mol. The Morgan fingerprint density at radius 2 is 1.58 bits per heavy atom. The fraction of sp³-hybridized carbons (Fsp3) is 0.348. The zero-order chi connectivity index (χ0) is 21.8. The zero-order valence-corrected chi connectivity index (χ0v) is 17.1. The largest absolute Gasteiger partial charge is 0.486 e. The Balaban J connectivity index is 1.27. The number of benzene rings is 2. The number of nitrogens with two attached hydrogens (primary N) is 1. The first-order chi connectivity index (χ1) is 15.0. The van der Waals surface area contributed by atoms with Crippen LogP contribution in [0.5, 0.6) is 11.5 Å². The van der Waals surface area contributed by atoms with E-state index in [2.05, 4.69) is 5.32 Å². The maximum atomic E-state index is 12.9. The van der Waals surface area contributed by atoms with Gasteiger partial charge in [-0.05, 0) is 68.4 Å². The van der Waals surface area contributed by atoms with Crippen molar-refractivity contribution in [2.45, 2.75) is 12.8 Å². The normalized spacial score (nSPS) is 16.5. The van der Waals surface area contributed by atoms with Crippen LogP contribution in [0.2, 0.25) is 0 Å². The molecule has 2 aliphatic heterocycles. The molecule has 2 aromatic carbocycles. The van der Waals surface area contributed by atoms with E-state index in [0.717, 1.165) is 0 Å². The van der Waals surface area contributed by atoms with Crippen molar-refractivity contribution >= 4 is 23.3 Å². The Bertz CT molecular complexity index is 981. The summed E-state index contributed by atoms with van der Waals surface area (Å²) in [6, 6.07) is 11.8. The van der Waals surface area contributed by atoms with Gasteiger partial charge < -0.3 is 20.5 Å². The molecule has 1 fully saturated rings. The summed E-state index contributed by atoms with van der Waals surface area (Å²) in [5.41, 5.74) is 6.86. The van der Waals surface area contributed by atoms with E-state index >= 15 is 0 Å². The molecule has 3 N–H and O–H groups in total. The van der Waals surface area contributed by atoms with Gasteiger partial charge in [0.15, 0.2) is 17.3 Å². The summed E-state index contributed by atoms with van der Waals surface area (Å²) >= 11 is 0. The molecule has 8 nitrogen and oxygen atoms in total. The van der Waals surface area contributed by atoms with Crippen LogP contribution in [0.4, 0.5) is 5.69 Å². The molecule has 0 unspecified atom stereocenters. The van der Waals surface area contributed by atoms with Crippen molar-refractivity contribution in [1.82, 2.24) is 4.90 Å². The number of fused-ring (bicyclic) bond motifs is 1. The quantitative estimate of drug-likeness (QED) is 0.689.